The number of aliphatic hydroxyl groups is 5. The minimum Gasteiger partial charge on any atom is -0.394 e. The zero-order chi connectivity index (χ0) is 43.6. The summed E-state index contributed by atoms with van der Waals surface area (Å²) in [5.74, 6) is -0.736. The van der Waals surface area contributed by atoms with Crippen LogP contribution in [0.25, 0.3) is 0 Å². The molecule has 1 fully saturated rings. The molecule has 0 spiro atoms. The van der Waals surface area contributed by atoms with Gasteiger partial charge in [0, 0.05) is 6.42 Å². The number of allylic oxidation sites excluding steroid dienone is 3. The Kier molecular flexibility index (Phi) is 34.0. The largest absolute Gasteiger partial charge is 0.397 e. The van der Waals surface area contributed by atoms with Gasteiger partial charge in [0.15, 0.2) is 6.29 Å². The van der Waals surface area contributed by atoms with Crippen LogP contribution in [0.15, 0.2) is 24.3 Å². The highest BCUT2D eigenvalue weighted by Crippen LogP contribution is 2.26. The smallest absolute Gasteiger partial charge is 0.394 e. The molecular formula is C45H85NO12S. The second-order valence-corrected chi connectivity index (χ2v) is 17.5. The van der Waals surface area contributed by atoms with E-state index in [0.29, 0.717) is 19.3 Å². The molecule has 348 valence electrons. The average molecular weight is 864 g/mol. The number of carbonyl (C=O) groups excluding carboxylic acids is 1. The van der Waals surface area contributed by atoms with E-state index in [1.54, 1.807) is 6.08 Å². The van der Waals surface area contributed by atoms with Gasteiger partial charge in [-0.15, -0.1) is 0 Å². The molecule has 1 rings (SSSR count). The SMILES string of the molecule is CCCCCCCC/C=C\C/C=C\CC(O)C(=O)NC(COC1OC(CO)C(O)C(OS(=O)(=O)O)C1O)C(O)CCCCCCCCCCCCCCCCCCCC. The number of hydrogen-bond donors (Lipinski definition) is 7. The Morgan fingerprint density at radius 1 is 0.695 bits per heavy atom. The van der Waals surface area contributed by atoms with E-state index >= 15 is 0 Å². The molecule has 0 aromatic rings. The number of carbonyl (C=O) groups is 1. The summed E-state index contributed by atoms with van der Waals surface area (Å²) in [6.07, 6.45) is 28.2. The van der Waals surface area contributed by atoms with E-state index in [1.165, 1.54) is 122 Å². The molecule has 1 aliphatic heterocycles. The fourth-order valence-corrected chi connectivity index (χ4v) is 7.90. The van der Waals surface area contributed by atoms with Gasteiger partial charge < -0.3 is 40.3 Å². The van der Waals surface area contributed by atoms with Crippen molar-refractivity contribution in [2.45, 2.75) is 243 Å². The van der Waals surface area contributed by atoms with Crippen LogP contribution < -0.4 is 5.32 Å². The summed E-state index contributed by atoms with van der Waals surface area (Å²) in [7, 11) is -5.11. The number of aliphatic hydroxyl groups excluding tert-OH is 5. The molecule has 8 unspecified atom stereocenters. The van der Waals surface area contributed by atoms with E-state index in [4.69, 9.17) is 9.47 Å². The van der Waals surface area contributed by atoms with Crippen molar-refractivity contribution < 1.29 is 57.0 Å². The summed E-state index contributed by atoms with van der Waals surface area (Å²) < 4.78 is 47.5. The monoisotopic (exact) mass is 864 g/mol. The van der Waals surface area contributed by atoms with Crippen LogP contribution in [0.4, 0.5) is 0 Å². The predicted octanol–water partition coefficient (Wildman–Crippen LogP) is 7.91. The van der Waals surface area contributed by atoms with Gasteiger partial charge >= 0.3 is 10.4 Å². The van der Waals surface area contributed by atoms with Crippen molar-refractivity contribution in [1.29, 1.82) is 0 Å². The number of ether oxygens (including phenoxy) is 2. The summed E-state index contributed by atoms with van der Waals surface area (Å²) in [5.41, 5.74) is 0. The van der Waals surface area contributed by atoms with Crippen molar-refractivity contribution in [3.05, 3.63) is 24.3 Å². The molecule has 0 aliphatic carbocycles. The number of hydrogen-bond acceptors (Lipinski definition) is 11. The lowest BCUT2D eigenvalue weighted by atomic mass is 9.99. The van der Waals surface area contributed by atoms with E-state index in [0.717, 1.165) is 32.1 Å². The second-order valence-electron chi connectivity index (χ2n) is 16.5. The van der Waals surface area contributed by atoms with Crippen molar-refractivity contribution in [2.75, 3.05) is 13.2 Å². The van der Waals surface area contributed by atoms with Crippen LogP contribution in [0.3, 0.4) is 0 Å². The van der Waals surface area contributed by atoms with Crippen LogP contribution >= 0.6 is 0 Å². The van der Waals surface area contributed by atoms with Crippen molar-refractivity contribution >= 4 is 16.3 Å². The average Bonchev–Trinajstić information content (AvgIpc) is 3.20. The lowest BCUT2D eigenvalue weighted by Gasteiger charge is -2.41. The maximum Gasteiger partial charge on any atom is 0.397 e. The first kappa shape index (κ1) is 55.6. The number of rotatable bonds is 39. The standard InChI is InChI=1S/C45H85NO12S/c1-3-5-7-9-11-13-15-17-18-19-20-21-22-24-25-27-29-31-33-38(48)37(36-56-45-42(51)43(58-59(53,54)55)41(50)40(35-47)57-45)46-44(52)39(49)34-32-30-28-26-23-16-14-12-10-8-6-4-2/h23,26,30,32,37-43,45,47-51H,3-22,24-25,27-29,31,33-36H2,1-2H3,(H,46,52)(H,53,54,55)/b26-23-,32-30-. The first-order chi connectivity index (χ1) is 28.4. The molecule has 14 heteroatoms. The number of unbranched alkanes of at least 4 members (excludes halogenated alkanes) is 23. The van der Waals surface area contributed by atoms with E-state index in [9.17, 15) is 43.3 Å². The van der Waals surface area contributed by atoms with Crippen LogP contribution in [0.1, 0.15) is 194 Å². The summed E-state index contributed by atoms with van der Waals surface area (Å²) >= 11 is 0. The molecule has 13 nitrogen and oxygen atoms in total. The van der Waals surface area contributed by atoms with Gasteiger partial charge in [-0.3, -0.25) is 9.35 Å². The van der Waals surface area contributed by atoms with Gasteiger partial charge in [-0.25, -0.2) is 4.18 Å². The Labute approximate surface area is 357 Å². The third-order valence-electron chi connectivity index (χ3n) is 11.1. The zero-order valence-electron chi connectivity index (χ0n) is 36.7. The highest BCUT2D eigenvalue weighted by molar-refractivity contribution is 7.80. The lowest BCUT2D eigenvalue weighted by molar-refractivity contribution is -0.298. The van der Waals surface area contributed by atoms with Crippen LogP contribution in [0.5, 0.6) is 0 Å². The molecule has 7 N–H and O–H groups in total. The topological polar surface area (TPSA) is 212 Å². The molecule has 0 bridgehead atoms. The molecule has 1 amide bonds. The quantitative estimate of drug-likeness (QED) is 0.0179. The zero-order valence-corrected chi connectivity index (χ0v) is 37.5. The second kappa shape index (κ2) is 36.1. The molecule has 0 aromatic heterocycles. The van der Waals surface area contributed by atoms with Crippen molar-refractivity contribution in [3.8, 4) is 0 Å². The molecule has 59 heavy (non-hydrogen) atoms. The Morgan fingerprint density at radius 2 is 1.17 bits per heavy atom. The fraction of sp³-hybridized carbons (Fsp3) is 0.889. The Balaban J connectivity index is 2.58. The van der Waals surface area contributed by atoms with E-state index < -0.39 is 78.5 Å². The van der Waals surface area contributed by atoms with Crippen LogP contribution in [0, 0.1) is 0 Å². The Hall–Kier alpha value is -1.46. The molecule has 8 atom stereocenters. The minimum absolute atomic E-state index is 0.0508. The van der Waals surface area contributed by atoms with Crippen molar-refractivity contribution in [2.24, 2.45) is 0 Å². The number of amides is 1. The third kappa shape index (κ3) is 28.7. The number of nitrogens with one attached hydrogen (secondary N) is 1. The normalized spacial score (nSPS) is 21.7. The molecule has 1 heterocycles. The molecule has 0 saturated carbocycles. The summed E-state index contributed by atoms with van der Waals surface area (Å²) in [6, 6.07) is -1.06. The lowest BCUT2D eigenvalue weighted by Crippen LogP contribution is -2.61. The maximum absolute atomic E-state index is 13.1. The van der Waals surface area contributed by atoms with Gasteiger partial charge in [-0.1, -0.05) is 186 Å². The highest BCUT2D eigenvalue weighted by atomic mass is 32.3. The van der Waals surface area contributed by atoms with Gasteiger partial charge in [0.1, 0.15) is 30.5 Å². The molecule has 1 aliphatic rings. The van der Waals surface area contributed by atoms with Crippen LogP contribution in [-0.2, 0) is 28.9 Å². The molecule has 1 saturated heterocycles. The van der Waals surface area contributed by atoms with Gasteiger partial charge in [0.25, 0.3) is 0 Å². The highest BCUT2D eigenvalue weighted by Gasteiger charge is 2.48. The van der Waals surface area contributed by atoms with Gasteiger partial charge in [-0.05, 0) is 25.7 Å². The molecular weight excluding hydrogens is 779 g/mol. The van der Waals surface area contributed by atoms with E-state index in [2.05, 4.69) is 35.5 Å². The fourth-order valence-electron chi connectivity index (χ4n) is 7.39. The Bertz CT molecular complexity index is 1170. The summed E-state index contributed by atoms with van der Waals surface area (Å²) in [4.78, 5) is 13.1. The predicted molar refractivity (Wildman–Crippen MR) is 233 cm³/mol. The van der Waals surface area contributed by atoms with Gasteiger partial charge in [-0.2, -0.15) is 8.42 Å². The first-order valence-electron chi connectivity index (χ1n) is 23.3. The van der Waals surface area contributed by atoms with Gasteiger partial charge in [0.05, 0.1) is 25.4 Å². The maximum atomic E-state index is 13.1. The first-order valence-corrected chi connectivity index (χ1v) is 24.7. The third-order valence-corrected chi connectivity index (χ3v) is 11.6. The minimum atomic E-state index is -5.11. The van der Waals surface area contributed by atoms with Crippen molar-refractivity contribution in [1.82, 2.24) is 5.32 Å². The van der Waals surface area contributed by atoms with Gasteiger partial charge in [0.2, 0.25) is 5.91 Å². The summed E-state index contributed by atoms with van der Waals surface area (Å²) in [5, 5.41) is 55.2. The van der Waals surface area contributed by atoms with Crippen LogP contribution in [0.2, 0.25) is 0 Å². The summed E-state index contributed by atoms with van der Waals surface area (Å²) in [6.45, 7) is 3.23. The van der Waals surface area contributed by atoms with Crippen LogP contribution in [-0.4, -0.2) is 107 Å². The Morgan fingerprint density at radius 3 is 1.66 bits per heavy atom. The molecule has 0 radical (unpaired) electrons. The van der Waals surface area contributed by atoms with E-state index in [-0.39, 0.29) is 6.42 Å². The van der Waals surface area contributed by atoms with Crippen molar-refractivity contribution in [3.63, 3.8) is 0 Å². The van der Waals surface area contributed by atoms with E-state index in [1.807, 2.05) is 6.08 Å². The molecule has 0 aromatic carbocycles.